The van der Waals surface area contributed by atoms with E-state index in [4.69, 9.17) is 26.8 Å². The molecule has 0 aliphatic carbocycles. The third-order valence-corrected chi connectivity index (χ3v) is 4.51. The SMILES string of the molecule is Cl.NC[C@H]1CC[C@@H](C(=O)Nc2ccc(OCc3ccccc3Cl)cc2)O1. The summed E-state index contributed by atoms with van der Waals surface area (Å²) in [7, 11) is 0. The maximum atomic E-state index is 12.2. The minimum absolute atomic E-state index is 0. The van der Waals surface area contributed by atoms with Gasteiger partial charge in [-0.05, 0) is 43.2 Å². The molecular formula is C19H22Cl2N2O3. The van der Waals surface area contributed by atoms with Crippen molar-refractivity contribution >= 4 is 35.6 Å². The fourth-order valence-electron chi connectivity index (χ4n) is 2.71. The number of rotatable bonds is 6. The van der Waals surface area contributed by atoms with Crippen molar-refractivity contribution in [3.8, 4) is 5.75 Å². The van der Waals surface area contributed by atoms with Crippen LogP contribution < -0.4 is 15.8 Å². The molecule has 3 N–H and O–H groups in total. The minimum atomic E-state index is -0.426. The molecule has 1 aliphatic rings. The van der Waals surface area contributed by atoms with Crippen LogP contribution in [0.1, 0.15) is 18.4 Å². The first-order valence-corrected chi connectivity index (χ1v) is 8.66. The topological polar surface area (TPSA) is 73.6 Å². The van der Waals surface area contributed by atoms with Crippen LogP contribution in [0.15, 0.2) is 48.5 Å². The number of nitrogens with one attached hydrogen (secondary N) is 1. The van der Waals surface area contributed by atoms with E-state index >= 15 is 0 Å². The van der Waals surface area contributed by atoms with E-state index in [1.165, 1.54) is 0 Å². The summed E-state index contributed by atoms with van der Waals surface area (Å²) in [5.41, 5.74) is 7.20. The number of hydrogen-bond donors (Lipinski definition) is 2. The Morgan fingerprint density at radius 3 is 2.58 bits per heavy atom. The third kappa shape index (κ3) is 5.35. The summed E-state index contributed by atoms with van der Waals surface area (Å²) in [6, 6.07) is 14.8. The molecule has 2 atom stereocenters. The molecule has 1 heterocycles. The highest BCUT2D eigenvalue weighted by Crippen LogP contribution is 2.22. The van der Waals surface area contributed by atoms with E-state index in [0.29, 0.717) is 36.0 Å². The quantitative estimate of drug-likeness (QED) is 0.778. The van der Waals surface area contributed by atoms with Gasteiger partial charge in [-0.15, -0.1) is 12.4 Å². The fraction of sp³-hybridized carbons (Fsp3) is 0.316. The lowest BCUT2D eigenvalue weighted by Gasteiger charge is -2.13. The van der Waals surface area contributed by atoms with Crippen molar-refractivity contribution in [3.63, 3.8) is 0 Å². The molecule has 1 fully saturated rings. The third-order valence-electron chi connectivity index (χ3n) is 4.14. The van der Waals surface area contributed by atoms with Crippen molar-refractivity contribution in [2.24, 2.45) is 5.73 Å². The minimum Gasteiger partial charge on any atom is -0.489 e. The molecule has 0 bridgehead atoms. The van der Waals surface area contributed by atoms with Gasteiger partial charge < -0.3 is 20.5 Å². The normalized spacial score (nSPS) is 18.8. The molecule has 1 amide bonds. The molecule has 140 valence electrons. The largest absolute Gasteiger partial charge is 0.489 e. The van der Waals surface area contributed by atoms with Crippen molar-refractivity contribution in [2.45, 2.75) is 31.7 Å². The summed E-state index contributed by atoms with van der Waals surface area (Å²) < 4.78 is 11.3. The molecule has 3 rings (SSSR count). The van der Waals surface area contributed by atoms with E-state index in [-0.39, 0.29) is 24.4 Å². The van der Waals surface area contributed by atoms with Crippen LogP contribution in [-0.2, 0) is 16.1 Å². The number of anilines is 1. The molecule has 26 heavy (non-hydrogen) atoms. The van der Waals surface area contributed by atoms with Crippen LogP contribution in [-0.4, -0.2) is 24.7 Å². The van der Waals surface area contributed by atoms with Gasteiger partial charge in [-0.2, -0.15) is 0 Å². The fourth-order valence-corrected chi connectivity index (χ4v) is 2.90. The lowest BCUT2D eigenvalue weighted by atomic mass is 10.2. The molecular weight excluding hydrogens is 375 g/mol. The Morgan fingerprint density at radius 2 is 1.92 bits per heavy atom. The van der Waals surface area contributed by atoms with Gasteiger partial charge in [0, 0.05) is 22.8 Å². The molecule has 0 unspecified atom stereocenters. The highest BCUT2D eigenvalue weighted by molar-refractivity contribution is 6.31. The smallest absolute Gasteiger partial charge is 0.253 e. The van der Waals surface area contributed by atoms with Crippen LogP contribution in [0.25, 0.3) is 0 Å². The van der Waals surface area contributed by atoms with Gasteiger partial charge in [-0.25, -0.2) is 0 Å². The summed E-state index contributed by atoms with van der Waals surface area (Å²) in [4.78, 5) is 12.2. The highest BCUT2D eigenvalue weighted by Gasteiger charge is 2.29. The van der Waals surface area contributed by atoms with Crippen molar-refractivity contribution in [1.29, 1.82) is 0 Å². The molecule has 0 saturated carbocycles. The number of ether oxygens (including phenoxy) is 2. The van der Waals surface area contributed by atoms with Crippen LogP contribution in [0.4, 0.5) is 5.69 Å². The van der Waals surface area contributed by atoms with Crippen molar-refractivity contribution in [2.75, 3.05) is 11.9 Å². The van der Waals surface area contributed by atoms with E-state index in [1.807, 2.05) is 36.4 Å². The Labute approximate surface area is 164 Å². The average molecular weight is 397 g/mol. The zero-order valence-corrected chi connectivity index (χ0v) is 15.8. The summed E-state index contributed by atoms with van der Waals surface area (Å²) in [6.45, 7) is 0.836. The lowest BCUT2D eigenvalue weighted by molar-refractivity contribution is -0.126. The Balaban J connectivity index is 0.00000243. The number of hydrogen-bond acceptors (Lipinski definition) is 4. The lowest BCUT2D eigenvalue weighted by Crippen LogP contribution is -2.29. The maximum Gasteiger partial charge on any atom is 0.253 e. The van der Waals surface area contributed by atoms with Crippen LogP contribution in [0.3, 0.4) is 0 Å². The van der Waals surface area contributed by atoms with Crippen molar-refractivity contribution < 1.29 is 14.3 Å². The Bertz CT molecular complexity index is 725. The van der Waals surface area contributed by atoms with Gasteiger partial charge in [-0.1, -0.05) is 29.8 Å². The van der Waals surface area contributed by atoms with Crippen LogP contribution in [0, 0.1) is 0 Å². The van der Waals surface area contributed by atoms with Gasteiger partial charge in [0.25, 0.3) is 5.91 Å². The standard InChI is InChI=1S/C19H21ClN2O3.ClH/c20-17-4-2-1-3-13(17)12-24-15-7-5-14(6-8-15)22-19(23)18-10-9-16(11-21)25-18;/h1-8,16,18H,9-12,21H2,(H,22,23);1H/t16-,18+;/m1./s1. The molecule has 0 aromatic heterocycles. The van der Waals surface area contributed by atoms with E-state index in [0.717, 1.165) is 12.0 Å². The molecule has 5 nitrogen and oxygen atoms in total. The van der Waals surface area contributed by atoms with E-state index in [9.17, 15) is 4.79 Å². The van der Waals surface area contributed by atoms with E-state index in [1.54, 1.807) is 12.1 Å². The zero-order chi connectivity index (χ0) is 17.6. The molecule has 1 aliphatic heterocycles. The average Bonchev–Trinajstić information content (AvgIpc) is 3.12. The van der Waals surface area contributed by atoms with Crippen molar-refractivity contribution in [1.82, 2.24) is 0 Å². The van der Waals surface area contributed by atoms with Crippen LogP contribution >= 0.6 is 24.0 Å². The van der Waals surface area contributed by atoms with E-state index < -0.39 is 6.10 Å². The monoisotopic (exact) mass is 396 g/mol. The summed E-state index contributed by atoms with van der Waals surface area (Å²) in [5.74, 6) is 0.568. The van der Waals surface area contributed by atoms with Crippen molar-refractivity contribution in [3.05, 3.63) is 59.1 Å². The van der Waals surface area contributed by atoms with Gasteiger partial charge >= 0.3 is 0 Å². The Kier molecular flexibility index (Phi) is 7.72. The Morgan fingerprint density at radius 1 is 1.19 bits per heavy atom. The predicted molar refractivity (Wildman–Crippen MR) is 105 cm³/mol. The summed E-state index contributed by atoms with van der Waals surface area (Å²) in [6.07, 6.45) is 1.08. The van der Waals surface area contributed by atoms with Gasteiger partial charge in [0.05, 0.1) is 6.10 Å². The number of carbonyl (C=O) groups excluding carboxylic acids is 1. The summed E-state index contributed by atoms with van der Waals surface area (Å²) in [5, 5.41) is 3.54. The molecule has 7 heteroatoms. The number of carbonyl (C=O) groups is 1. The number of halogens is 2. The second kappa shape index (κ2) is 9.78. The first-order valence-electron chi connectivity index (χ1n) is 8.28. The molecule has 1 saturated heterocycles. The first-order chi connectivity index (χ1) is 12.2. The summed E-state index contributed by atoms with van der Waals surface area (Å²) >= 11 is 6.11. The molecule has 0 spiro atoms. The van der Waals surface area contributed by atoms with Gasteiger partial charge in [-0.3, -0.25) is 4.79 Å². The molecule has 2 aromatic rings. The van der Waals surface area contributed by atoms with Gasteiger partial charge in [0.2, 0.25) is 0 Å². The number of amides is 1. The Hall–Kier alpha value is -1.79. The van der Waals surface area contributed by atoms with Gasteiger partial charge in [0.1, 0.15) is 18.5 Å². The number of nitrogens with two attached hydrogens (primary N) is 1. The van der Waals surface area contributed by atoms with Crippen LogP contribution in [0.5, 0.6) is 5.75 Å². The number of benzene rings is 2. The zero-order valence-electron chi connectivity index (χ0n) is 14.2. The highest BCUT2D eigenvalue weighted by atomic mass is 35.5. The molecule has 0 radical (unpaired) electrons. The maximum absolute atomic E-state index is 12.2. The van der Waals surface area contributed by atoms with Crippen LogP contribution in [0.2, 0.25) is 5.02 Å². The molecule has 2 aromatic carbocycles. The second-order valence-corrected chi connectivity index (χ2v) is 6.36. The predicted octanol–water partition coefficient (Wildman–Crippen LogP) is 3.79. The van der Waals surface area contributed by atoms with E-state index in [2.05, 4.69) is 5.32 Å². The van der Waals surface area contributed by atoms with Gasteiger partial charge in [0.15, 0.2) is 0 Å². The first kappa shape index (κ1) is 20.5. The second-order valence-electron chi connectivity index (χ2n) is 5.95.